The van der Waals surface area contributed by atoms with Gasteiger partial charge in [0.1, 0.15) is 0 Å². The maximum atomic E-state index is 9.42. The predicted octanol–water partition coefficient (Wildman–Crippen LogP) is 5.25. The first-order valence-corrected chi connectivity index (χ1v) is 9.29. The molecule has 0 amide bonds. The van der Waals surface area contributed by atoms with E-state index in [2.05, 4.69) is 19.0 Å². The number of nitrogens with zero attached hydrogens (tertiary/aromatic N) is 1. The molecule has 4 saturated carbocycles. The van der Waals surface area contributed by atoms with Crippen LogP contribution in [0.1, 0.15) is 78.1 Å². The molecule has 4 aliphatic rings. The van der Waals surface area contributed by atoms with Gasteiger partial charge in [-0.15, -0.1) is 0 Å². The van der Waals surface area contributed by atoms with Gasteiger partial charge in [0.05, 0.1) is 5.71 Å². The lowest BCUT2D eigenvalue weighted by Crippen LogP contribution is -2.54. The molecule has 0 radical (unpaired) electrons. The van der Waals surface area contributed by atoms with Crippen LogP contribution >= 0.6 is 0 Å². The molecule has 4 rings (SSSR count). The summed E-state index contributed by atoms with van der Waals surface area (Å²) in [7, 11) is 0. The van der Waals surface area contributed by atoms with E-state index in [9.17, 15) is 5.21 Å². The molecule has 0 heterocycles. The van der Waals surface area contributed by atoms with Gasteiger partial charge in [0.15, 0.2) is 0 Å². The standard InChI is InChI=1S/C19H31NO/c1-18-10-3-5-14(18)13-7-8-16-17(20-21)6-4-11-19(16,2)15(13)9-12-18/h13-16,21H,3-12H2,1-2H3/t13-,14-,15-,16-,18-,19+/m0/s1. The van der Waals surface area contributed by atoms with Crippen LogP contribution in [0.15, 0.2) is 5.16 Å². The third kappa shape index (κ3) is 1.86. The Morgan fingerprint density at radius 3 is 2.62 bits per heavy atom. The van der Waals surface area contributed by atoms with Gasteiger partial charge in [-0.2, -0.15) is 0 Å². The summed E-state index contributed by atoms with van der Waals surface area (Å²) in [6.07, 6.45) is 13.6. The molecular formula is C19H31NO. The Morgan fingerprint density at radius 1 is 0.952 bits per heavy atom. The van der Waals surface area contributed by atoms with Gasteiger partial charge in [0.2, 0.25) is 0 Å². The second-order valence-electron chi connectivity index (χ2n) is 9.04. The number of hydrogen-bond acceptors (Lipinski definition) is 2. The van der Waals surface area contributed by atoms with Crippen LogP contribution in [0, 0.1) is 34.5 Å². The monoisotopic (exact) mass is 289 g/mol. The van der Waals surface area contributed by atoms with Gasteiger partial charge >= 0.3 is 0 Å². The second-order valence-corrected chi connectivity index (χ2v) is 9.04. The first kappa shape index (κ1) is 14.1. The second kappa shape index (κ2) is 4.73. The summed E-state index contributed by atoms with van der Waals surface area (Å²) in [4.78, 5) is 0. The lowest BCUT2D eigenvalue weighted by molar-refractivity contribution is -0.0795. The third-order valence-corrected chi connectivity index (χ3v) is 8.33. The zero-order valence-electron chi connectivity index (χ0n) is 13.8. The zero-order valence-corrected chi connectivity index (χ0v) is 13.8. The van der Waals surface area contributed by atoms with Gasteiger partial charge in [-0.05, 0) is 86.4 Å². The van der Waals surface area contributed by atoms with Gasteiger partial charge in [0.25, 0.3) is 0 Å². The SMILES string of the molecule is C[C@@]12CCC[C@H]1[C@@H]1CC[C@H]3C(=NO)CCC[C@]3(C)[C@H]1CC2. The molecule has 2 heteroatoms. The van der Waals surface area contributed by atoms with Crippen LogP contribution in [0.5, 0.6) is 0 Å². The van der Waals surface area contributed by atoms with E-state index in [0.29, 0.717) is 16.7 Å². The molecule has 0 bridgehead atoms. The Hall–Kier alpha value is -0.530. The molecule has 2 nitrogen and oxygen atoms in total. The highest BCUT2D eigenvalue weighted by Crippen LogP contribution is 2.65. The van der Waals surface area contributed by atoms with Crippen molar-refractivity contribution in [3.05, 3.63) is 0 Å². The van der Waals surface area contributed by atoms with Crippen molar-refractivity contribution in [2.24, 2.45) is 39.7 Å². The summed E-state index contributed by atoms with van der Waals surface area (Å²) in [5, 5.41) is 13.1. The highest BCUT2D eigenvalue weighted by atomic mass is 16.4. The molecule has 6 atom stereocenters. The molecule has 0 unspecified atom stereocenters. The first-order valence-electron chi connectivity index (χ1n) is 9.29. The molecule has 0 saturated heterocycles. The van der Waals surface area contributed by atoms with Crippen molar-refractivity contribution in [3.63, 3.8) is 0 Å². The molecule has 0 spiro atoms. The van der Waals surface area contributed by atoms with E-state index in [0.717, 1.165) is 29.9 Å². The summed E-state index contributed by atoms with van der Waals surface area (Å²) in [5.74, 6) is 3.42. The minimum absolute atomic E-state index is 0.423. The molecular weight excluding hydrogens is 258 g/mol. The quantitative estimate of drug-likeness (QED) is 0.479. The van der Waals surface area contributed by atoms with E-state index in [1.54, 1.807) is 0 Å². The Bertz CT molecular complexity index is 458. The fourth-order valence-electron chi connectivity index (χ4n) is 7.30. The molecule has 4 fully saturated rings. The van der Waals surface area contributed by atoms with Crippen molar-refractivity contribution in [2.45, 2.75) is 78.1 Å². The van der Waals surface area contributed by atoms with Gasteiger partial charge in [-0.1, -0.05) is 25.4 Å². The van der Waals surface area contributed by atoms with E-state index < -0.39 is 0 Å². The van der Waals surface area contributed by atoms with E-state index in [4.69, 9.17) is 0 Å². The Labute approximate surface area is 129 Å². The number of oxime groups is 1. The van der Waals surface area contributed by atoms with Crippen LogP contribution in [0.25, 0.3) is 0 Å². The Balaban J connectivity index is 1.67. The maximum absolute atomic E-state index is 9.42. The van der Waals surface area contributed by atoms with Crippen LogP contribution < -0.4 is 0 Å². The average Bonchev–Trinajstić information content (AvgIpc) is 2.87. The summed E-state index contributed by atoms with van der Waals surface area (Å²) in [6, 6.07) is 0. The summed E-state index contributed by atoms with van der Waals surface area (Å²) in [6.45, 7) is 5.12. The summed E-state index contributed by atoms with van der Waals surface area (Å²) in [5.41, 5.74) is 2.21. The number of fused-ring (bicyclic) bond motifs is 5. The minimum Gasteiger partial charge on any atom is -0.411 e. The third-order valence-electron chi connectivity index (χ3n) is 8.33. The van der Waals surface area contributed by atoms with Crippen molar-refractivity contribution in [1.82, 2.24) is 0 Å². The van der Waals surface area contributed by atoms with Crippen LogP contribution in [0.3, 0.4) is 0 Å². The average molecular weight is 289 g/mol. The van der Waals surface area contributed by atoms with Crippen LogP contribution in [0.4, 0.5) is 0 Å². The van der Waals surface area contributed by atoms with E-state index >= 15 is 0 Å². The molecule has 118 valence electrons. The molecule has 1 N–H and O–H groups in total. The lowest BCUT2D eigenvalue weighted by Gasteiger charge is -2.59. The normalized spacial score (nSPS) is 54.9. The molecule has 0 aliphatic heterocycles. The molecule has 0 aromatic rings. The maximum Gasteiger partial charge on any atom is 0.0607 e. The van der Waals surface area contributed by atoms with Crippen molar-refractivity contribution in [3.8, 4) is 0 Å². The van der Waals surface area contributed by atoms with E-state index in [1.807, 2.05) is 0 Å². The van der Waals surface area contributed by atoms with Gasteiger partial charge in [0, 0.05) is 5.92 Å². The molecule has 21 heavy (non-hydrogen) atoms. The fraction of sp³-hybridized carbons (Fsp3) is 0.947. The predicted molar refractivity (Wildman–Crippen MR) is 85.6 cm³/mol. The van der Waals surface area contributed by atoms with Crippen LogP contribution in [-0.2, 0) is 0 Å². The summed E-state index contributed by atoms with van der Waals surface area (Å²) >= 11 is 0. The van der Waals surface area contributed by atoms with Crippen LogP contribution in [-0.4, -0.2) is 10.9 Å². The van der Waals surface area contributed by atoms with Gasteiger partial charge in [-0.25, -0.2) is 0 Å². The van der Waals surface area contributed by atoms with Crippen molar-refractivity contribution in [1.29, 1.82) is 0 Å². The van der Waals surface area contributed by atoms with E-state index in [-0.39, 0.29) is 0 Å². The molecule has 4 aliphatic carbocycles. The fourth-order valence-corrected chi connectivity index (χ4v) is 7.30. The first-order chi connectivity index (χ1) is 10.1. The van der Waals surface area contributed by atoms with Crippen molar-refractivity contribution in [2.75, 3.05) is 0 Å². The zero-order chi connectivity index (χ0) is 14.7. The topological polar surface area (TPSA) is 32.6 Å². The van der Waals surface area contributed by atoms with E-state index in [1.165, 1.54) is 57.8 Å². The number of rotatable bonds is 0. The number of hydrogen-bond donors (Lipinski definition) is 1. The molecule has 0 aromatic heterocycles. The van der Waals surface area contributed by atoms with Crippen molar-refractivity contribution >= 4 is 5.71 Å². The van der Waals surface area contributed by atoms with Gasteiger partial charge < -0.3 is 5.21 Å². The lowest BCUT2D eigenvalue weighted by atomic mass is 9.45. The Kier molecular flexibility index (Phi) is 3.17. The minimum atomic E-state index is 0.423. The van der Waals surface area contributed by atoms with Gasteiger partial charge in [-0.3, -0.25) is 0 Å². The Morgan fingerprint density at radius 2 is 1.81 bits per heavy atom. The molecule has 0 aromatic carbocycles. The largest absolute Gasteiger partial charge is 0.411 e. The van der Waals surface area contributed by atoms with Crippen LogP contribution in [0.2, 0.25) is 0 Å². The highest BCUT2D eigenvalue weighted by molar-refractivity contribution is 5.87. The smallest absolute Gasteiger partial charge is 0.0607 e. The summed E-state index contributed by atoms with van der Waals surface area (Å²) < 4.78 is 0. The highest BCUT2D eigenvalue weighted by Gasteiger charge is 2.58. The van der Waals surface area contributed by atoms with Crippen molar-refractivity contribution < 1.29 is 5.21 Å².